The summed E-state index contributed by atoms with van der Waals surface area (Å²) in [5.41, 5.74) is 0. The van der Waals surface area contributed by atoms with Crippen LogP contribution in [0.4, 0.5) is 0 Å². The van der Waals surface area contributed by atoms with Gasteiger partial charge in [-0.1, -0.05) is 6.92 Å². The number of hydrogen-bond donors (Lipinski definition) is 1. The Bertz CT molecular complexity index is 165. The van der Waals surface area contributed by atoms with Crippen LogP contribution in [0, 0.1) is 5.92 Å². The SMILES string of the molecule is CCC(C)N(C)CCNCC1CCOCC1. The number of nitrogens with zero attached hydrogens (tertiary/aromatic N) is 1. The lowest BCUT2D eigenvalue weighted by Crippen LogP contribution is -2.37. The molecule has 1 aliphatic heterocycles. The van der Waals surface area contributed by atoms with Gasteiger partial charge in [0.2, 0.25) is 0 Å². The Balaban J connectivity index is 1.98. The number of rotatable bonds is 7. The van der Waals surface area contributed by atoms with Crippen molar-refractivity contribution in [2.75, 3.05) is 39.9 Å². The van der Waals surface area contributed by atoms with E-state index in [1.165, 1.54) is 19.3 Å². The zero-order valence-electron chi connectivity index (χ0n) is 11.2. The van der Waals surface area contributed by atoms with E-state index in [0.29, 0.717) is 6.04 Å². The van der Waals surface area contributed by atoms with Crippen molar-refractivity contribution in [1.29, 1.82) is 0 Å². The van der Waals surface area contributed by atoms with Crippen LogP contribution in [0.5, 0.6) is 0 Å². The normalized spacial score (nSPS) is 20.2. The second-order valence-corrected chi connectivity index (χ2v) is 5.00. The molecule has 1 fully saturated rings. The number of hydrogen-bond acceptors (Lipinski definition) is 3. The molecule has 1 rings (SSSR count). The predicted octanol–water partition coefficient (Wildman–Crippen LogP) is 1.73. The standard InChI is InChI=1S/C13H28N2O/c1-4-12(2)15(3)8-7-14-11-13-5-9-16-10-6-13/h12-14H,4-11H2,1-3H3. The summed E-state index contributed by atoms with van der Waals surface area (Å²) in [6.07, 6.45) is 3.69. The topological polar surface area (TPSA) is 24.5 Å². The van der Waals surface area contributed by atoms with Crippen molar-refractivity contribution < 1.29 is 4.74 Å². The molecule has 0 saturated carbocycles. The molecule has 96 valence electrons. The molecule has 0 aromatic carbocycles. The average Bonchev–Trinajstić information content (AvgIpc) is 2.34. The molecule has 0 radical (unpaired) electrons. The molecule has 1 atom stereocenters. The largest absolute Gasteiger partial charge is 0.381 e. The van der Waals surface area contributed by atoms with E-state index in [4.69, 9.17) is 4.74 Å². The summed E-state index contributed by atoms with van der Waals surface area (Å²) in [5.74, 6) is 0.836. The van der Waals surface area contributed by atoms with Crippen LogP contribution in [-0.2, 0) is 4.74 Å². The Morgan fingerprint density at radius 1 is 1.38 bits per heavy atom. The lowest BCUT2D eigenvalue weighted by molar-refractivity contribution is 0.0661. The molecule has 0 amide bonds. The van der Waals surface area contributed by atoms with Crippen molar-refractivity contribution in [2.45, 2.75) is 39.2 Å². The lowest BCUT2D eigenvalue weighted by atomic mass is 10.0. The molecule has 1 aliphatic rings. The van der Waals surface area contributed by atoms with Crippen LogP contribution in [0.15, 0.2) is 0 Å². The fourth-order valence-corrected chi connectivity index (χ4v) is 2.04. The van der Waals surface area contributed by atoms with Crippen LogP contribution in [0.25, 0.3) is 0 Å². The van der Waals surface area contributed by atoms with Gasteiger partial charge in [-0.3, -0.25) is 0 Å². The van der Waals surface area contributed by atoms with Gasteiger partial charge in [0.05, 0.1) is 0 Å². The summed E-state index contributed by atoms with van der Waals surface area (Å²) in [4.78, 5) is 2.43. The molecule has 0 aromatic heterocycles. The van der Waals surface area contributed by atoms with Crippen molar-refractivity contribution >= 4 is 0 Å². The second kappa shape index (κ2) is 8.04. The maximum Gasteiger partial charge on any atom is 0.0469 e. The maximum atomic E-state index is 5.35. The molecule has 0 aromatic rings. The van der Waals surface area contributed by atoms with Crippen LogP contribution in [0.2, 0.25) is 0 Å². The van der Waals surface area contributed by atoms with E-state index in [1.807, 2.05) is 0 Å². The van der Waals surface area contributed by atoms with Gasteiger partial charge in [0.25, 0.3) is 0 Å². The third-order valence-corrected chi connectivity index (χ3v) is 3.76. The molecule has 16 heavy (non-hydrogen) atoms. The molecule has 3 heteroatoms. The van der Waals surface area contributed by atoms with Crippen LogP contribution in [0.3, 0.4) is 0 Å². The Kier molecular flexibility index (Phi) is 7.01. The average molecular weight is 228 g/mol. The van der Waals surface area contributed by atoms with E-state index in [0.717, 1.165) is 38.8 Å². The van der Waals surface area contributed by atoms with Gasteiger partial charge >= 0.3 is 0 Å². The summed E-state index contributed by atoms with van der Waals surface area (Å²) in [6, 6.07) is 0.699. The molecule has 0 bridgehead atoms. The van der Waals surface area contributed by atoms with Gasteiger partial charge < -0.3 is 15.0 Å². The monoisotopic (exact) mass is 228 g/mol. The first-order valence-electron chi connectivity index (χ1n) is 6.72. The Morgan fingerprint density at radius 2 is 2.06 bits per heavy atom. The van der Waals surface area contributed by atoms with Gasteiger partial charge in [-0.2, -0.15) is 0 Å². The van der Waals surface area contributed by atoms with Crippen molar-refractivity contribution in [3.63, 3.8) is 0 Å². The van der Waals surface area contributed by atoms with E-state index in [1.54, 1.807) is 0 Å². The predicted molar refractivity (Wildman–Crippen MR) is 68.8 cm³/mol. The van der Waals surface area contributed by atoms with E-state index in [2.05, 4.69) is 31.1 Å². The Morgan fingerprint density at radius 3 is 2.69 bits per heavy atom. The summed E-state index contributed by atoms with van der Waals surface area (Å²) in [5, 5.41) is 3.57. The van der Waals surface area contributed by atoms with Gasteiger partial charge in [-0.25, -0.2) is 0 Å². The third-order valence-electron chi connectivity index (χ3n) is 3.76. The highest BCUT2D eigenvalue weighted by Crippen LogP contribution is 2.12. The molecular weight excluding hydrogens is 200 g/mol. The van der Waals surface area contributed by atoms with E-state index >= 15 is 0 Å². The van der Waals surface area contributed by atoms with Gasteiger partial charge in [-0.05, 0) is 45.7 Å². The molecule has 1 unspecified atom stereocenters. The highest BCUT2D eigenvalue weighted by atomic mass is 16.5. The zero-order chi connectivity index (χ0) is 11.8. The summed E-state index contributed by atoms with van der Waals surface area (Å²) >= 11 is 0. The van der Waals surface area contributed by atoms with E-state index < -0.39 is 0 Å². The number of likely N-dealkylation sites (N-methyl/N-ethyl adjacent to an activating group) is 1. The maximum absolute atomic E-state index is 5.35. The summed E-state index contributed by atoms with van der Waals surface area (Å²) < 4.78 is 5.35. The minimum atomic E-state index is 0.699. The molecule has 3 nitrogen and oxygen atoms in total. The molecule has 1 saturated heterocycles. The second-order valence-electron chi connectivity index (χ2n) is 5.00. The lowest BCUT2D eigenvalue weighted by Gasteiger charge is -2.25. The molecule has 0 aliphatic carbocycles. The molecule has 1 N–H and O–H groups in total. The van der Waals surface area contributed by atoms with Crippen molar-refractivity contribution in [2.24, 2.45) is 5.92 Å². The van der Waals surface area contributed by atoms with E-state index in [-0.39, 0.29) is 0 Å². The fourth-order valence-electron chi connectivity index (χ4n) is 2.04. The Hall–Kier alpha value is -0.120. The Labute approximate surface area is 101 Å². The van der Waals surface area contributed by atoms with Crippen molar-refractivity contribution in [3.8, 4) is 0 Å². The molecule has 1 heterocycles. The van der Waals surface area contributed by atoms with E-state index in [9.17, 15) is 0 Å². The zero-order valence-corrected chi connectivity index (χ0v) is 11.2. The van der Waals surface area contributed by atoms with Crippen LogP contribution in [-0.4, -0.2) is 50.8 Å². The summed E-state index contributed by atoms with van der Waals surface area (Å²) in [6.45, 7) is 9.88. The first kappa shape index (κ1) is 13.9. The molecule has 0 spiro atoms. The minimum absolute atomic E-state index is 0.699. The first-order valence-corrected chi connectivity index (χ1v) is 6.72. The third kappa shape index (κ3) is 5.28. The highest BCUT2D eigenvalue weighted by Gasteiger charge is 2.13. The van der Waals surface area contributed by atoms with Crippen molar-refractivity contribution in [1.82, 2.24) is 10.2 Å². The van der Waals surface area contributed by atoms with Crippen molar-refractivity contribution in [3.05, 3.63) is 0 Å². The van der Waals surface area contributed by atoms with Gasteiger partial charge in [0.1, 0.15) is 0 Å². The van der Waals surface area contributed by atoms with Gasteiger partial charge in [0, 0.05) is 32.3 Å². The fraction of sp³-hybridized carbons (Fsp3) is 1.00. The summed E-state index contributed by atoms with van der Waals surface area (Å²) in [7, 11) is 2.21. The number of nitrogens with one attached hydrogen (secondary N) is 1. The quantitative estimate of drug-likeness (QED) is 0.672. The molecular formula is C13H28N2O. The van der Waals surface area contributed by atoms with Gasteiger partial charge in [0.15, 0.2) is 0 Å². The highest BCUT2D eigenvalue weighted by molar-refractivity contribution is 4.67. The first-order chi connectivity index (χ1) is 7.74. The van der Waals surface area contributed by atoms with Crippen LogP contribution >= 0.6 is 0 Å². The number of ether oxygens (including phenoxy) is 1. The minimum Gasteiger partial charge on any atom is -0.381 e. The smallest absolute Gasteiger partial charge is 0.0469 e. The van der Waals surface area contributed by atoms with Crippen LogP contribution < -0.4 is 5.32 Å². The van der Waals surface area contributed by atoms with Crippen LogP contribution in [0.1, 0.15) is 33.1 Å². The van der Waals surface area contributed by atoms with Gasteiger partial charge in [-0.15, -0.1) is 0 Å².